The van der Waals surface area contributed by atoms with Crippen LogP contribution in [-0.2, 0) is 14.3 Å². The normalized spacial score (nSPS) is 26.7. The molecule has 19 heavy (non-hydrogen) atoms. The Bertz CT molecular complexity index is 427. The van der Waals surface area contributed by atoms with Crippen LogP contribution in [0.2, 0.25) is 0 Å². The van der Waals surface area contributed by atoms with Crippen molar-refractivity contribution in [3.63, 3.8) is 0 Å². The second-order valence-corrected chi connectivity index (χ2v) is 5.25. The van der Waals surface area contributed by atoms with E-state index >= 15 is 0 Å². The molecule has 2 heterocycles. The summed E-state index contributed by atoms with van der Waals surface area (Å²) in [6, 6.07) is -0.583. The molecule has 3 rings (SSSR count). The summed E-state index contributed by atoms with van der Waals surface area (Å²) in [6.45, 7) is 3.96. The Kier molecular flexibility index (Phi) is 3.02. The molecular formula is C12H17N3O4. The molecule has 0 unspecified atom stereocenters. The van der Waals surface area contributed by atoms with Crippen LogP contribution in [0.4, 0.5) is 4.79 Å². The van der Waals surface area contributed by atoms with Gasteiger partial charge in [-0.2, -0.15) is 0 Å². The van der Waals surface area contributed by atoms with Crippen LogP contribution in [0.1, 0.15) is 12.8 Å². The number of carbonyl (C=O) groups is 3. The summed E-state index contributed by atoms with van der Waals surface area (Å²) in [6.07, 6.45) is 1.11. The van der Waals surface area contributed by atoms with Crippen LogP contribution in [0.25, 0.3) is 0 Å². The summed E-state index contributed by atoms with van der Waals surface area (Å²) in [4.78, 5) is 38.9. The Labute approximate surface area is 110 Å². The standard InChI is InChI=1S/C12H17N3O4/c16-9-12(1-2-12)10(17)15(11(18)13-9)4-3-14-5-7-19-8-6-14/h1-8H2,(H,13,16,18). The highest BCUT2D eigenvalue weighted by atomic mass is 16.5. The SMILES string of the molecule is O=C1NC(=O)C2(CC2)C(=O)N1CCN1CCOCC1. The minimum absolute atomic E-state index is 0.325. The van der Waals surface area contributed by atoms with Gasteiger partial charge in [-0.05, 0) is 12.8 Å². The van der Waals surface area contributed by atoms with Crippen molar-refractivity contribution < 1.29 is 19.1 Å². The van der Waals surface area contributed by atoms with Gasteiger partial charge >= 0.3 is 6.03 Å². The molecule has 0 aromatic carbocycles. The predicted octanol–water partition coefficient (Wildman–Crippen LogP) is -0.823. The fraction of sp³-hybridized carbons (Fsp3) is 0.750. The molecule has 1 N–H and O–H groups in total. The number of amides is 4. The zero-order valence-corrected chi connectivity index (χ0v) is 10.7. The maximum Gasteiger partial charge on any atom is 0.330 e. The number of urea groups is 1. The Morgan fingerprint density at radius 2 is 1.79 bits per heavy atom. The third-order valence-electron chi connectivity index (χ3n) is 4.05. The molecule has 2 saturated heterocycles. The van der Waals surface area contributed by atoms with Crippen LogP contribution in [-0.4, -0.2) is 67.0 Å². The highest BCUT2D eigenvalue weighted by Gasteiger charge is 2.62. The van der Waals surface area contributed by atoms with Gasteiger partial charge in [0.25, 0.3) is 0 Å². The first-order valence-electron chi connectivity index (χ1n) is 6.61. The maximum absolute atomic E-state index is 12.2. The van der Waals surface area contributed by atoms with E-state index in [4.69, 9.17) is 4.74 Å². The van der Waals surface area contributed by atoms with Crippen molar-refractivity contribution in [2.75, 3.05) is 39.4 Å². The third-order valence-corrected chi connectivity index (χ3v) is 4.05. The Balaban J connectivity index is 1.61. The molecule has 0 bridgehead atoms. The number of hydrogen-bond donors (Lipinski definition) is 1. The van der Waals surface area contributed by atoms with Crippen LogP contribution in [0.3, 0.4) is 0 Å². The minimum atomic E-state index is -0.932. The van der Waals surface area contributed by atoms with Gasteiger partial charge in [0.2, 0.25) is 11.8 Å². The fourth-order valence-corrected chi connectivity index (χ4v) is 2.57. The summed E-state index contributed by atoms with van der Waals surface area (Å²) >= 11 is 0. The molecule has 104 valence electrons. The van der Waals surface area contributed by atoms with Crippen LogP contribution in [0, 0.1) is 5.41 Å². The molecule has 3 fully saturated rings. The van der Waals surface area contributed by atoms with Crippen LogP contribution in [0.5, 0.6) is 0 Å². The molecule has 7 nitrogen and oxygen atoms in total. The third kappa shape index (κ3) is 2.12. The van der Waals surface area contributed by atoms with Gasteiger partial charge in [-0.1, -0.05) is 0 Å². The quantitative estimate of drug-likeness (QED) is 0.676. The molecule has 0 aromatic heterocycles. The molecular weight excluding hydrogens is 250 g/mol. The molecule has 1 aliphatic carbocycles. The van der Waals surface area contributed by atoms with E-state index in [2.05, 4.69) is 10.2 Å². The topological polar surface area (TPSA) is 79.0 Å². The predicted molar refractivity (Wildman–Crippen MR) is 64.2 cm³/mol. The van der Waals surface area contributed by atoms with Gasteiger partial charge in [-0.25, -0.2) is 4.79 Å². The van der Waals surface area contributed by atoms with Crippen molar-refractivity contribution in [1.82, 2.24) is 15.1 Å². The second kappa shape index (κ2) is 4.57. The van der Waals surface area contributed by atoms with Gasteiger partial charge in [0.1, 0.15) is 5.41 Å². The average molecular weight is 267 g/mol. The number of nitrogens with zero attached hydrogens (tertiary/aromatic N) is 2. The number of barbiturate groups is 1. The smallest absolute Gasteiger partial charge is 0.330 e. The maximum atomic E-state index is 12.2. The largest absolute Gasteiger partial charge is 0.379 e. The zero-order valence-electron chi connectivity index (χ0n) is 10.7. The molecule has 0 atom stereocenters. The van der Waals surface area contributed by atoms with E-state index in [0.29, 0.717) is 39.1 Å². The lowest BCUT2D eigenvalue weighted by Gasteiger charge is -2.33. The molecule has 0 aromatic rings. The first-order chi connectivity index (χ1) is 9.13. The first-order valence-corrected chi connectivity index (χ1v) is 6.61. The summed E-state index contributed by atoms with van der Waals surface area (Å²) in [7, 11) is 0. The monoisotopic (exact) mass is 267 g/mol. The van der Waals surface area contributed by atoms with Gasteiger partial charge in [0.05, 0.1) is 13.2 Å². The van der Waals surface area contributed by atoms with E-state index in [9.17, 15) is 14.4 Å². The van der Waals surface area contributed by atoms with E-state index in [1.165, 1.54) is 4.90 Å². The van der Waals surface area contributed by atoms with Crippen LogP contribution < -0.4 is 5.32 Å². The van der Waals surface area contributed by atoms with Crippen LogP contribution in [0.15, 0.2) is 0 Å². The van der Waals surface area contributed by atoms with Gasteiger partial charge in [-0.15, -0.1) is 0 Å². The zero-order chi connectivity index (χ0) is 13.5. The lowest BCUT2D eigenvalue weighted by molar-refractivity contribution is -0.144. The Hall–Kier alpha value is -1.47. The Morgan fingerprint density at radius 3 is 2.42 bits per heavy atom. The second-order valence-electron chi connectivity index (χ2n) is 5.25. The van der Waals surface area contributed by atoms with Crippen molar-refractivity contribution >= 4 is 17.8 Å². The van der Waals surface area contributed by atoms with Gasteiger partial charge in [0.15, 0.2) is 0 Å². The van der Waals surface area contributed by atoms with Crippen molar-refractivity contribution in [3.8, 4) is 0 Å². The van der Waals surface area contributed by atoms with E-state index < -0.39 is 17.4 Å². The molecule has 1 saturated carbocycles. The number of imide groups is 2. The van der Waals surface area contributed by atoms with E-state index in [-0.39, 0.29) is 5.91 Å². The first kappa shape index (κ1) is 12.6. The summed E-state index contributed by atoms with van der Waals surface area (Å²) in [5, 5.41) is 2.28. The highest BCUT2D eigenvalue weighted by molar-refractivity contribution is 6.20. The highest BCUT2D eigenvalue weighted by Crippen LogP contribution is 2.48. The van der Waals surface area contributed by atoms with Gasteiger partial charge in [0, 0.05) is 26.2 Å². The number of rotatable bonds is 3. The van der Waals surface area contributed by atoms with E-state index in [1.54, 1.807) is 0 Å². The fourth-order valence-electron chi connectivity index (χ4n) is 2.57. The minimum Gasteiger partial charge on any atom is -0.379 e. The van der Waals surface area contributed by atoms with E-state index in [0.717, 1.165) is 13.1 Å². The lowest BCUT2D eigenvalue weighted by atomic mass is 10.0. The van der Waals surface area contributed by atoms with Crippen molar-refractivity contribution in [2.45, 2.75) is 12.8 Å². The average Bonchev–Trinajstić information content (AvgIpc) is 3.20. The summed E-state index contributed by atoms with van der Waals surface area (Å²) < 4.78 is 5.24. The van der Waals surface area contributed by atoms with Crippen molar-refractivity contribution in [2.24, 2.45) is 5.41 Å². The molecule has 0 radical (unpaired) electrons. The molecule has 7 heteroatoms. The van der Waals surface area contributed by atoms with E-state index in [1.807, 2.05) is 0 Å². The number of ether oxygens (including phenoxy) is 1. The molecule has 1 spiro atoms. The number of hydrogen-bond acceptors (Lipinski definition) is 5. The van der Waals surface area contributed by atoms with Crippen LogP contribution >= 0.6 is 0 Å². The van der Waals surface area contributed by atoms with Gasteiger partial charge in [-0.3, -0.25) is 24.7 Å². The number of carbonyl (C=O) groups excluding carboxylic acids is 3. The molecule has 4 amide bonds. The van der Waals surface area contributed by atoms with Gasteiger partial charge < -0.3 is 4.74 Å². The molecule has 3 aliphatic rings. The molecule has 2 aliphatic heterocycles. The summed E-state index contributed by atoms with van der Waals surface area (Å²) in [5.74, 6) is -0.750. The number of morpholine rings is 1. The van der Waals surface area contributed by atoms with Crippen molar-refractivity contribution in [3.05, 3.63) is 0 Å². The Morgan fingerprint density at radius 1 is 1.11 bits per heavy atom. The summed E-state index contributed by atoms with van der Waals surface area (Å²) in [5.41, 5.74) is -0.932. The lowest BCUT2D eigenvalue weighted by Crippen LogP contribution is -2.60. The number of nitrogens with one attached hydrogen (secondary N) is 1. The van der Waals surface area contributed by atoms with Crippen molar-refractivity contribution in [1.29, 1.82) is 0 Å².